The van der Waals surface area contributed by atoms with Crippen molar-refractivity contribution in [1.82, 2.24) is 4.98 Å². The van der Waals surface area contributed by atoms with E-state index in [4.69, 9.17) is 0 Å². The van der Waals surface area contributed by atoms with Crippen LogP contribution in [0.3, 0.4) is 0 Å². The summed E-state index contributed by atoms with van der Waals surface area (Å²) in [6.07, 6.45) is 0. The van der Waals surface area contributed by atoms with Crippen LogP contribution in [0.5, 0.6) is 0 Å². The molecule has 1 heterocycles. The topological polar surface area (TPSA) is 88.2 Å². The maximum Gasteiger partial charge on any atom is 0.261 e. The van der Waals surface area contributed by atoms with Gasteiger partial charge < -0.3 is 5.32 Å². The summed E-state index contributed by atoms with van der Waals surface area (Å²) in [6.45, 7) is 3.30. The van der Waals surface area contributed by atoms with Crippen molar-refractivity contribution < 1.29 is 13.2 Å². The van der Waals surface area contributed by atoms with Crippen LogP contribution < -0.4 is 10.0 Å². The van der Waals surface area contributed by atoms with Crippen LogP contribution in [0.2, 0.25) is 0 Å². The van der Waals surface area contributed by atoms with Crippen LogP contribution >= 0.6 is 11.3 Å². The van der Waals surface area contributed by atoms with E-state index in [1.54, 1.807) is 35.6 Å². The standard InChI is InChI=1S/C16H15N3O3S2/c1-10(20)17-12-3-6-14(7-4-12)24(21,22)19-13-5-8-16-15(9-13)18-11(2)23-16/h3-9,19H,1-2H3,(H,17,20). The molecule has 3 aromatic rings. The fraction of sp³-hybridized carbons (Fsp3) is 0.125. The molecule has 1 amide bonds. The van der Waals surface area contributed by atoms with Gasteiger partial charge in [-0.1, -0.05) is 0 Å². The van der Waals surface area contributed by atoms with Gasteiger partial charge in [0.05, 0.1) is 25.8 Å². The summed E-state index contributed by atoms with van der Waals surface area (Å²) in [7, 11) is -3.71. The highest BCUT2D eigenvalue weighted by Gasteiger charge is 2.15. The van der Waals surface area contributed by atoms with Crippen molar-refractivity contribution in [3.05, 3.63) is 47.5 Å². The van der Waals surface area contributed by atoms with Gasteiger partial charge in [0.1, 0.15) is 0 Å². The number of anilines is 2. The Morgan fingerprint density at radius 3 is 2.42 bits per heavy atom. The number of sulfonamides is 1. The van der Waals surface area contributed by atoms with Gasteiger partial charge in [-0.25, -0.2) is 13.4 Å². The average Bonchev–Trinajstić information content (AvgIpc) is 2.86. The minimum absolute atomic E-state index is 0.117. The molecule has 0 spiro atoms. The lowest BCUT2D eigenvalue weighted by molar-refractivity contribution is -0.114. The quantitative estimate of drug-likeness (QED) is 0.746. The third-order valence-corrected chi connectivity index (χ3v) is 5.58. The fourth-order valence-electron chi connectivity index (χ4n) is 2.24. The summed E-state index contributed by atoms with van der Waals surface area (Å²) < 4.78 is 28.5. The van der Waals surface area contributed by atoms with E-state index in [2.05, 4.69) is 15.0 Å². The molecule has 0 unspecified atom stereocenters. The highest BCUT2D eigenvalue weighted by atomic mass is 32.2. The Balaban J connectivity index is 1.85. The molecule has 3 rings (SSSR count). The Bertz CT molecular complexity index is 1010. The summed E-state index contributed by atoms with van der Waals surface area (Å²) >= 11 is 1.56. The molecule has 0 fully saturated rings. The highest BCUT2D eigenvalue weighted by molar-refractivity contribution is 7.92. The average molecular weight is 361 g/mol. The maximum atomic E-state index is 12.5. The van der Waals surface area contributed by atoms with E-state index in [0.29, 0.717) is 11.4 Å². The number of hydrogen-bond donors (Lipinski definition) is 2. The van der Waals surface area contributed by atoms with Crippen molar-refractivity contribution in [3.63, 3.8) is 0 Å². The Kier molecular flexibility index (Phi) is 4.25. The maximum absolute atomic E-state index is 12.5. The second-order valence-corrected chi connectivity index (χ2v) is 8.14. The molecule has 2 aromatic carbocycles. The Morgan fingerprint density at radius 2 is 1.75 bits per heavy atom. The number of rotatable bonds is 4. The number of fused-ring (bicyclic) bond motifs is 1. The van der Waals surface area contributed by atoms with Crippen molar-refractivity contribution in [3.8, 4) is 0 Å². The number of hydrogen-bond acceptors (Lipinski definition) is 5. The third-order valence-electron chi connectivity index (χ3n) is 3.23. The molecule has 0 saturated heterocycles. The van der Waals surface area contributed by atoms with E-state index in [-0.39, 0.29) is 10.8 Å². The fourth-order valence-corrected chi connectivity index (χ4v) is 4.10. The van der Waals surface area contributed by atoms with Crippen LogP contribution in [0.15, 0.2) is 47.4 Å². The summed E-state index contributed by atoms with van der Waals surface area (Å²) in [4.78, 5) is 15.5. The van der Waals surface area contributed by atoms with Gasteiger partial charge in [0.15, 0.2) is 0 Å². The van der Waals surface area contributed by atoms with Crippen molar-refractivity contribution in [2.24, 2.45) is 0 Å². The van der Waals surface area contributed by atoms with E-state index in [9.17, 15) is 13.2 Å². The number of benzene rings is 2. The Labute approximate surface area is 143 Å². The molecule has 0 aliphatic carbocycles. The Hall–Kier alpha value is -2.45. The van der Waals surface area contributed by atoms with Crippen LogP contribution in [-0.2, 0) is 14.8 Å². The minimum Gasteiger partial charge on any atom is -0.326 e. The van der Waals surface area contributed by atoms with Gasteiger partial charge in [-0.05, 0) is 49.4 Å². The van der Waals surface area contributed by atoms with Gasteiger partial charge in [-0.2, -0.15) is 0 Å². The second kappa shape index (κ2) is 6.21. The second-order valence-electron chi connectivity index (χ2n) is 5.23. The minimum atomic E-state index is -3.71. The Morgan fingerprint density at radius 1 is 1.08 bits per heavy atom. The summed E-state index contributed by atoms with van der Waals surface area (Å²) in [5, 5.41) is 3.52. The third kappa shape index (κ3) is 3.55. The van der Waals surface area contributed by atoms with Gasteiger partial charge in [0, 0.05) is 12.6 Å². The van der Waals surface area contributed by atoms with Crippen LogP contribution in [0.25, 0.3) is 10.2 Å². The molecule has 124 valence electrons. The molecule has 2 N–H and O–H groups in total. The zero-order chi connectivity index (χ0) is 17.3. The largest absolute Gasteiger partial charge is 0.326 e. The molecule has 24 heavy (non-hydrogen) atoms. The van der Waals surface area contributed by atoms with Crippen molar-refractivity contribution in [1.29, 1.82) is 0 Å². The molecule has 0 radical (unpaired) electrons. The zero-order valence-corrected chi connectivity index (χ0v) is 14.7. The van der Waals surface area contributed by atoms with Crippen molar-refractivity contribution in [2.45, 2.75) is 18.7 Å². The smallest absolute Gasteiger partial charge is 0.261 e. The molecule has 1 aromatic heterocycles. The number of aromatic nitrogens is 1. The van der Waals surface area contributed by atoms with Crippen LogP contribution in [0.1, 0.15) is 11.9 Å². The number of carbonyl (C=O) groups excluding carboxylic acids is 1. The molecule has 0 atom stereocenters. The van der Waals surface area contributed by atoms with Gasteiger partial charge in [0.25, 0.3) is 10.0 Å². The van der Waals surface area contributed by atoms with Gasteiger partial charge in [-0.3, -0.25) is 9.52 Å². The number of nitrogens with one attached hydrogen (secondary N) is 2. The first-order chi connectivity index (χ1) is 11.3. The number of aryl methyl sites for hydroxylation is 1. The summed E-state index contributed by atoms with van der Waals surface area (Å²) in [6, 6.07) is 11.2. The van der Waals surface area contributed by atoms with Gasteiger partial charge >= 0.3 is 0 Å². The van der Waals surface area contributed by atoms with Gasteiger partial charge in [-0.15, -0.1) is 11.3 Å². The van der Waals surface area contributed by atoms with Crippen LogP contribution in [0.4, 0.5) is 11.4 Å². The number of nitrogens with zero attached hydrogens (tertiary/aromatic N) is 1. The SMILES string of the molecule is CC(=O)Nc1ccc(S(=O)(=O)Nc2ccc3sc(C)nc3c2)cc1. The van der Waals surface area contributed by atoms with Crippen LogP contribution in [0, 0.1) is 6.92 Å². The van der Waals surface area contributed by atoms with E-state index in [0.717, 1.165) is 15.2 Å². The predicted molar refractivity (Wildman–Crippen MR) is 95.9 cm³/mol. The monoisotopic (exact) mass is 361 g/mol. The normalized spacial score (nSPS) is 11.4. The van der Waals surface area contributed by atoms with E-state index in [1.807, 2.05) is 13.0 Å². The molecular weight excluding hydrogens is 346 g/mol. The van der Waals surface area contributed by atoms with E-state index in [1.165, 1.54) is 19.1 Å². The number of thiazole rings is 1. The van der Waals surface area contributed by atoms with Gasteiger partial charge in [0.2, 0.25) is 5.91 Å². The highest BCUT2D eigenvalue weighted by Crippen LogP contribution is 2.26. The summed E-state index contributed by atoms with van der Waals surface area (Å²) in [5.41, 5.74) is 1.76. The molecular formula is C16H15N3O3S2. The zero-order valence-electron chi connectivity index (χ0n) is 13.0. The first-order valence-corrected chi connectivity index (χ1v) is 9.41. The number of carbonyl (C=O) groups is 1. The molecule has 0 bridgehead atoms. The summed E-state index contributed by atoms with van der Waals surface area (Å²) in [5.74, 6) is -0.212. The molecule has 0 saturated carbocycles. The van der Waals surface area contributed by atoms with Crippen molar-refractivity contribution >= 4 is 48.9 Å². The van der Waals surface area contributed by atoms with E-state index < -0.39 is 10.0 Å². The lowest BCUT2D eigenvalue weighted by Crippen LogP contribution is -2.13. The van der Waals surface area contributed by atoms with Crippen LogP contribution in [-0.4, -0.2) is 19.3 Å². The first-order valence-electron chi connectivity index (χ1n) is 7.11. The van der Waals surface area contributed by atoms with E-state index >= 15 is 0 Å². The molecule has 6 nitrogen and oxygen atoms in total. The lowest BCUT2D eigenvalue weighted by atomic mass is 10.3. The predicted octanol–water partition coefficient (Wildman–Crippen LogP) is 3.36. The first kappa shape index (κ1) is 16.4. The molecule has 8 heteroatoms. The number of amides is 1. The lowest BCUT2D eigenvalue weighted by Gasteiger charge is -2.09. The molecule has 0 aliphatic heterocycles. The van der Waals surface area contributed by atoms with Crippen molar-refractivity contribution in [2.75, 3.05) is 10.0 Å². The molecule has 0 aliphatic rings.